The molecule has 1 aromatic carbocycles. The first-order valence-corrected chi connectivity index (χ1v) is 6.61. The van der Waals surface area contributed by atoms with E-state index in [0.717, 1.165) is 21.4 Å². The second-order valence-corrected chi connectivity index (χ2v) is 4.90. The molecule has 3 nitrogen and oxygen atoms in total. The highest BCUT2D eigenvalue weighted by Crippen LogP contribution is 2.19. The summed E-state index contributed by atoms with van der Waals surface area (Å²) in [6, 6.07) is 11.2. The molecule has 0 radical (unpaired) electrons. The Hall–Kier alpha value is -1.94. The lowest BCUT2D eigenvalue weighted by atomic mass is 10.2. The first kappa shape index (κ1) is 13.5. The third-order valence-corrected chi connectivity index (χ3v) is 3.41. The van der Waals surface area contributed by atoms with E-state index in [0.29, 0.717) is 0 Å². The Bertz CT molecular complexity index is 609. The van der Waals surface area contributed by atoms with E-state index in [1.54, 1.807) is 12.3 Å². The molecular weight excluding hydrogens is 304 g/mol. The molecule has 1 heterocycles. The van der Waals surface area contributed by atoms with Gasteiger partial charge in [-0.1, -0.05) is 22.0 Å². The lowest BCUT2D eigenvalue weighted by molar-refractivity contribution is -0.111. The zero-order valence-electron chi connectivity index (χ0n) is 10.4. The summed E-state index contributed by atoms with van der Waals surface area (Å²) in [5.41, 5.74) is 2.60. The molecule has 1 N–H and O–H groups in total. The van der Waals surface area contributed by atoms with Crippen molar-refractivity contribution in [3.05, 3.63) is 64.4 Å². The number of anilines is 1. The van der Waals surface area contributed by atoms with Crippen LogP contribution in [0.2, 0.25) is 0 Å². The standard InChI is InChI=1S/C15H13BrN2O/c1-11-10-13(5-7-14(11)16)18-15(19)8-6-12-4-2-3-9-17-12/h2-10H,1H3,(H,18,19)/b8-6+. The minimum absolute atomic E-state index is 0.174. The first-order valence-electron chi connectivity index (χ1n) is 5.81. The van der Waals surface area contributed by atoms with Crippen molar-refractivity contribution in [1.82, 2.24) is 4.98 Å². The second kappa shape index (κ2) is 6.29. The molecule has 96 valence electrons. The predicted octanol–water partition coefficient (Wildman–Crippen LogP) is 3.80. The monoisotopic (exact) mass is 316 g/mol. The molecule has 0 aliphatic heterocycles. The van der Waals surface area contributed by atoms with Crippen LogP contribution in [0, 0.1) is 6.92 Å². The van der Waals surface area contributed by atoms with Gasteiger partial charge in [-0.2, -0.15) is 0 Å². The number of hydrogen-bond acceptors (Lipinski definition) is 2. The van der Waals surface area contributed by atoms with Crippen LogP contribution in [0.4, 0.5) is 5.69 Å². The molecule has 0 aliphatic rings. The van der Waals surface area contributed by atoms with Crippen LogP contribution in [0.25, 0.3) is 6.08 Å². The molecule has 0 saturated heterocycles. The van der Waals surface area contributed by atoms with E-state index in [4.69, 9.17) is 0 Å². The van der Waals surface area contributed by atoms with Crippen molar-refractivity contribution in [3.8, 4) is 0 Å². The minimum atomic E-state index is -0.174. The summed E-state index contributed by atoms with van der Waals surface area (Å²) in [4.78, 5) is 15.9. The van der Waals surface area contributed by atoms with Gasteiger partial charge in [-0.05, 0) is 48.9 Å². The van der Waals surface area contributed by atoms with Crippen molar-refractivity contribution in [2.24, 2.45) is 0 Å². The highest BCUT2D eigenvalue weighted by molar-refractivity contribution is 9.10. The molecule has 2 rings (SSSR count). The number of aromatic nitrogens is 1. The van der Waals surface area contributed by atoms with Gasteiger partial charge in [0, 0.05) is 22.4 Å². The van der Waals surface area contributed by atoms with Gasteiger partial charge in [0.15, 0.2) is 0 Å². The number of aryl methyl sites for hydroxylation is 1. The van der Waals surface area contributed by atoms with Crippen molar-refractivity contribution in [3.63, 3.8) is 0 Å². The lowest BCUT2D eigenvalue weighted by Crippen LogP contribution is -2.07. The lowest BCUT2D eigenvalue weighted by Gasteiger charge is -2.04. The molecule has 0 atom stereocenters. The molecule has 0 fully saturated rings. The van der Waals surface area contributed by atoms with Gasteiger partial charge in [-0.15, -0.1) is 0 Å². The number of benzene rings is 1. The highest BCUT2D eigenvalue weighted by atomic mass is 79.9. The number of rotatable bonds is 3. The number of nitrogens with zero attached hydrogens (tertiary/aromatic N) is 1. The summed E-state index contributed by atoms with van der Waals surface area (Å²) in [7, 11) is 0. The van der Waals surface area contributed by atoms with E-state index < -0.39 is 0 Å². The van der Waals surface area contributed by atoms with Crippen LogP contribution in [0.3, 0.4) is 0 Å². The molecule has 19 heavy (non-hydrogen) atoms. The van der Waals surface area contributed by atoms with Gasteiger partial charge >= 0.3 is 0 Å². The number of amides is 1. The predicted molar refractivity (Wildman–Crippen MR) is 80.8 cm³/mol. The van der Waals surface area contributed by atoms with Crippen LogP contribution in [0.5, 0.6) is 0 Å². The first-order chi connectivity index (χ1) is 9.15. The molecule has 1 aromatic heterocycles. The van der Waals surface area contributed by atoms with E-state index >= 15 is 0 Å². The van der Waals surface area contributed by atoms with Crippen LogP contribution in [0.15, 0.2) is 53.1 Å². The molecular formula is C15H13BrN2O. The van der Waals surface area contributed by atoms with E-state index in [1.165, 1.54) is 6.08 Å². The van der Waals surface area contributed by atoms with E-state index in [9.17, 15) is 4.79 Å². The summed E-state index contributed by atoms with van der Waals surface area (Å²) in [6.07, 6.45) is 4.84. The van der Waals surface area contributed by atoms with Gasteiger partial charge in [-0.25, -0.2) is 0 Å². The Balaban J connectivity index is 2.01. The quantitative estimate of drug-likeness (QED) is 0.875. The molecule has 0 spiro atoms. The van der Waals surface area contributed by atoms with Gasteiger partial charge in [-0.3, -0.25) is 9.78 Å². The van der Waals surface area contributed by atoms with E-state index in [1.807, 2.05) is 43.3 Å². The Kier molecular flexibility index (Phi) is 4.47. The summed E-state index contributed by atoms with van der Waals surface area (Å²) in [6.45, 7) is 1.98. The zero-order chi connectivity index (χ0) is 13.7. The summed E-state index contributed by atoms with van der Waals surface area (Å²) >= 11 is 3.42. The maximum atomic E-state index is 11.7. The third-order valence-electron chi connectivity index (χ3n) is 2.52. The molecule has 0 unspecified atom stereocenters. The fourth-order valence-corrected chi connectivity index (χ4v) is 1.79. The van der Waals surface area contributed by atoms with E-state index in [2.05, 4.69) is 26.2 Å². The van der Waals surface area contributed by atoms with Crippen LogP contribution in [-0.4, -0.2) is 10.9 Å². The summed E-state index contributed by atoms with van der Waals surface area (Å²) in [5.74, 6) is -0.174. The number of halogens is 1. The van der Waals surface area contributed by atoms with Crippen molar-refractivity contribution in [2.45, 2.75) is 6.92 Å². The van der Waals surface area contributed by atoms with Gasteiger partial charge in [0.25, 0.3) is 0 Å². The Morgan fingerprint density at radius 2 is 2.16 bits per heavy atom. The van der Waals surface area contributed by atoms with Gasteiger partial charge in [0.1, 0.15) is 0 Å². The fourth-order valence-electron chi connectivity index (χ4n) is 1.54. The molecule has 1 amide bonds. The Morgan fingerprint density at radius 1 is 1.32 bits per heavy atom. The molecule has 0 aliphatic carbocycles. The number of nitrogens with one attached hydrogen (secondary N) is 1. The summed E-state index contributed by atoms with van der Waals surface area (Å²) < 4.78 is 1.02. The average Bonchev–Trinajstić information content (AvgIpc) is 2.42. The number of hydrogen-bond donors (Lipinski definition) is 1. The van der Waals surface area contributed by atoms with Crippen molar-refractivity contribution >= 4 is 33.6 Å². The number of pyridine rings is 1. The minimum Gasteiger partial charge on any atom is -0.323 e. The number of carbonyl (C=O) groups is 1. The SMILES string of the molecule is Cc1cc(NC(=O)/C=C/c2ccccn2)ccc1Br. The van der Waals surface area contributed by atoms with Gasteiger partial charge < -0.3 is 5.32 Å². The third kappa shape index (κ3) is 4.03. The normalized spacial score (nSPS) is 10.6. The van der Waals surface area contributed by atoms with Crippen LogP contribution in [-0.2, 0) is 4.79 Å². The van der Waals surface area contributed by atoms with Crippen LogP contribution in [0.1, 0.15) is 11.3 Å². The molecule has 4 heteroatoms. The topological polar surface area (TPSA) is 42.0 Å². The maximum Gasteiger partial charge on any atom is 0.248 e. The zero-order valence-corrected chi connectivity index (χ0v) is 12.0. The summed E-state index contributed by atoms with van der Waals surface area (Å²) in [5, 5.41) is 2.81. The molecule has 2 aromatic rings. The van der Waals surface area contributed by atoms with Gasteiger partial charge in [0.2, 0.25) is 5.91 Å². The van der Waals surface area contributed by atoms with Crippen LogP contribution < -0.4 is 5.32 Å². The van der Waals surface area contributed by atoms with Crippen molar-refractivity contribution < 1.29 is 4.79 Å². The largest absolute Gasteiger partial charge is 0.323 e. The number of carbonyl (C=O) groups excluding carboxylic acids is 1. The fraction of sp³-hybridized carbons (Fsp3) is 0.0667. The molecule has 0 saturated carbocycles. The highest BCUT2D eigenvalue weighted by Gasteiger charge is 2.00. The molecule has 0 bridgehead atoms. The van der Waals surface area contributed by atoms with Gasteiger partial charge in [0.05, 0.1) is 5.69 Å². The maximum absolute atomic E-state index is 11.7. The second-order valence-electron chi connectivity index (χ2n) is 4.04. The van der Waals surface area contributed by atoms with Crippen LogP contribution >= 0.6 is 15.9 Å². The van der Waals surface area contributed by atoms with Crippen molar-refractivity contribution in [2.75, 3.05) is 5.32 Å². The average molecular weight is 317 g/mol. The Morgan fingerprint density at radius 3 is 2.84 bits per heavy atom. The van der Waals surface area contributed by atoms with E-state index in [-0.39, 0.29) is 5.91 Å². The smallest absolute Gasteiger partial charge is 0.248 e. The Labute approximate surface area is 120 Å². The van der Waals surface area contributed by atoms with Crippen molar-refractivity contribution in [1.29, 1.82) is 0 Å².